The highest BCUT2D eigenvalue weighted by Gasteiger charge is 2.29. The molecule has 1 aliphatic carbocycles. The van der Waals surface area contributed by atoms with Crippen LogP contribution in [0.4, 0.5) is 0 Å². The molecule has 1 heterocycles. The summed E-state index contributed by atoms with van der Waals surface area (Å²) >= 11 is 2.13. The van der Waals surface area contributed by atoms with Crippen molar-refractivity contribution in [1.82, 2.24) is 10.2 Å². The first kappa shape index (κ1) is 15.4. The molecule has 0 radical (unpaired) electrons. The summed E-state index contributed by atoms with van der Waals surface area (Å²) < 4.78 is 0.430. The van der Waals surface area contributed by atoms with Crippen LogP contribution in [-0.2, 0) is 0 Å². The van der Waals surface area contributed by atoms with E-state index in [4.69, 9.17) is 0 Å². The molecule has 2 nitrogen and oxygen atoms in total. The standard InChI is InChI=1S/C18H28N2S/c1-18(2)10-11-20(12-13-21-18)17(14-19-16-8-9-16)15-6-4-3-5-7-15/h3-7,16-17,19H,8-14H2,1-2H3. The predicted octanol–water partition coefficient (Wildman–Crippen LogP) is 3.70. The van der Waals surface area contributed by atoms with Gasteiger partial charge in [0.15, 0.2) is 0 Å². The van der Waals surface area contributed by atoms with Crippen molar-refractivity contribution in [2.24, 2.45) is 0 Å². The largest absolute Gasteiger partial charge is 0.312 e. The van der Waals surface area contributed by atoms with Crippen LogP contribution in [0, 0.1) is 0 Å². The first-order chi connectivity index (χ1) is 10.1. The minimum absolute atomic E-state index is 0.430. The number of nitrogens with zero attached hydrogens (tertiary/aromatic N) is 1. The molecule has 3 heteroatoms. The van der Waals surface area contributed by atoms with Crippen LogP contribution in [0.1, 0.15) is 44.7 Å². The number of benzene rings is 1. The van der Waals surface area contributed by atoms with Crippen LogP contribution in [0.15, 0.2) is 30.3 Å². The maximum atomic E-state index is 3.75. The Morgan fingerprint density at radius 3 is 2.71 bits per heavy atom. The van der Waals surface area contributed by atoms with Crippen molar-refractivity contribution < 1.29 is 0 Å². The first-order valence-corrected chi connectivity index (χ1v) is 9.29. The SMILES string of the molecule is CC1(C)CCN(C(CNC2CC2)c2ccccc2)CCS1. The average molecular weight is 305 g/mol. The predicted molar refractivity (Wildman–Crippen MR) is 92.9 cm³/mol. The number of hydrogen-bond donors (Lipinski definition) is 1. The van der Waals surface area contributed by atoms with Gasteiger partial charge in [-0.25, -0.2) is 0 Å². The Morgan fingerprint density at radius 1 is 1.24 bits per heavy atom. The van der Waals surface area contributed by atoms with Gasteiger partial charge in [-0.15, -0.1) is 0 Å². The third-order valence-electron chi connectivity index (χ3n) is 4.67. The highest BCUT2D eigenvalue weighted by atomic mass is 32.2. The number of hydrogen-bond acceptors (Lipinski definition) is 3. The number of rotatable bonds is 5. The van der Waals surface area contributed by atoms with Crippen molar-refractivity contribution in [3.8, 4) is 0 Å². The summed E-state index contributed by atoms with van der Waals surface area (Å²) in [5.74, 6) is 1.25. The third-order valence-corrected chi connectivity index (χ3v) is 6.05. The molecule has 1 atom stereocenters. The summed E-state index contributed by atoms with van der Waals surface area (Å²) in [5.41, 5.74) is 1.47. The molecule has 116 valence electrons. The minimum atomic E-state index is 0.430. The van der Waals surface area contributed by atoms with E-state index in [9.17, 15) is 0 Å². The van der Waals surface area contributed by atoms with E-state index in [-0.39, 0.29) is 0 Å². The molecule has 2 aliphatic rings. The van der Waals surface area contributed by atoms with Crippen molar-refractivity contribution in [3.05, 3.63) is 35.9 Å². The molecule has 1 unspecified atom stereocenters. The van der Waals surface area contributed by atoms with Gasteiger partial charge in [0.05, 0.1) is 0 Å². The Labute approximate surface area is 133 Å². The molecule has 1 saturated carbocycles. The molecule has 0 spiro atoms. The molecule has 0 amide bonds. The van der Waals surface area contributed by atoms with Crippen LogP contribution in [0.25, 0.3) is 0 Å². The van der Waals surface area contributed by atoms with E-state index in [2.05, 4.69) is 66.2 Å². The van der Waals surface area contributed by atoms with Crippen LogP contribution in [-0.4, -0.2) is 41.1 Å². The van der Waals surface area contributed by atoms with Crippen LogP contribution >= 0.6 is 11.8 Å². The molecular formula is C18H28N2S. The molecule has 0 bridgehead atoms. The van der Waals surface area contributed by atoms with Gasteiger partial charge in [0, 0.05) is 42.2 Å². The third kappa shape index (κ3) is 4.48. The fourth-order valence-electron chi connectivity index (χ4n) is 3.05. The van der Waals surface area contributed by atoms with E-state index >= 15 is 0 Å². The Hall–Kier alpha value is -0.510. The van der Waals surface area contributed by atoms with Gasteiger partial charge in [0.2, 0.25) is 0 Å². The second-order valence-corrected chi connectivity index (χ2v) is 8.81. The quantitative estimate of drug-likeness (QED) is 0.893. The molecule has 1 N–H and O–H groups in total. The molecule has 3 rings (SSSR count). The maximum absolute atomic E-state index is 3.75. The zero-order chi connectivity index (χ0) is 14.7. The maximum Gasteiger partial charge on any atom is 0.0473 e. The zero-order valence-corrected chi connectivity index (χ0v) is 14.2. The highest BCUT2D eigenvalue weighted by Crippen LogP contribution is 2.33. The molecule has 21 heavy (non-hydrogen) atoms. The van der Waals surface area contributed by atoms with Gasteiger partial charge in [-0.2, -0.15) is 11.8 Å². The van der Waals surface area contributed by atoms with Crippen molar-refractivity contribution in [3.63, 3.8) is 0 Å². The fourth-order valence-corrected chi connectivity index (χ4v) is 4.16. The van der Waals surface area contributed by atoms with Gasteiger partial charge in [-0.3, -0.25) is 4.90 Å². The lowest BCUT2D eigenvalue weighted by Crippen LogP contribution is -2.38. The summed E-state index contributed by atoms with van der Waals surface area (Å²) in [5, 5.41) is 3.75. The molecule has 1 aliphatic heterocycles. The van der Waals surface area contributed by atoms with Crippen molar-refractivity contribution in [2.75, 3.05) is 25.4 Å². The lowest BCUT2D eigenvalue weighted by atomic mass is 10.0. The van der Waals surface area contributed by atoms with E-state index in [0.717, 1.165) is 12.6 Å². The lowest BCUT2D eigenvalue weighted by molar-refractivity contribution is 0.201. The molecule has 1 aromatic carbocycles. The van der Waals surface area contributed by atoms with E-state index in [0.29, 0.717) is 10.8 Å². The van der Waals surface area contributed by atoms with E-state index in [1.54, 1.807) is 0 Å². The fraction of sp³-hybridized carbons (Fsp3) is 0.667. The van der Waals surface area contributed by atoms with Crippen molar-refractivity contribution >= 4 is 11.8 Å². The summed E-state index contributed by atoms with van der Waals surface area (Å²) in [7, 11) is 0. The minimum Gasteiger partial charge on any atom is -0.312 e. The molecule has 1 saturated heterocycles. The van der Waals surface area contributed by atoms with Gasteiger partial charge in [0.25, 0.3) is 0 Å². The molecular weight excluding hydrogens is 276 g/mol. The summed E-state index contributed by atoms with van der Waals surface area (Å²) in [6.07, 6.45) is 4.01. The van der Waals surface area contributed by atoms with E-state index in [1.807, 2.05) is 0 Å². The topological polar surface area (TPSA) is 15.3 Å². The Morgan fingerprint density at radius 2 is 2.00 bits per heavy atom. The highest BCUT2D eigenvalue weighted by molar-refractivity contribution is 8.00. The Balaban J connectivity index is 1.70. The Bertz CT molecular complexity index is 442. The molecule has 1 aromatic rings. The normalized spacial score (nSPS) is 24.5. The monoisotopic (exact) mass is 304 g/mol. The summed E-state index contributed by atoms with van der Waals surface area (Å²) in [6, 6.07) is 12.4. The van der Waals surface area contributed by atoms with Crippen LogP contribution in [0.3, 0.4) is 0 Å². The smallest absolute Gasteiger partial charge is 0.0473 e. The van der Waals surface area contributed by atoms with Gasteiger partial charge in [-0.05, 0) is 24.8 Å². The van der Waals surface area contributed by atoms with Gasteiger partial charge in [0.1, 0.15) is 0 Å². The molecule has 0 aromatic heterocycles. The van der Waals surface area contributed by atoms with Gasteiger partial charge < -0.3 is 5.32 Å². The number of thioether (sulfide) groups is 1. The van der Waals surface area contributed by atoms with E-state index in [1.165, 1.54) is 43.7 Å². The van der Waals surface area contributed by atoms with E-state index < -0.39 is 0 Å². The second-order valence-electron chi connectivity index (χ2n) is 7.00. The van der Waals surface area contributed by atoms with Crippen LogP contribution in [0.5, 0.6) is 0 Å². The lowest BCUT2D eigenvalue weighted by Gasteiger charge is -2.31. The van der Waals surface area contributed by atoms with Crippen molar-refractivity contribution in [1.29, 1.82) is 0 Å². The van der Waals surface area contributed by atoms with Crippen molar-refractivity contribution in [2.45, 2.75) is 49.9 Å². The zero-order valence-electron chi connectivity index (χ0n) is 13.3. The number of nitrogens with one attached hydrogen (secondary N) is 1. The summed E-state index contributed by atoms with van der Waals surface area (Å²) in [4.78, 5) is 2.70. The van der Waals surface area contributed by atoms with Crippen LogP contribution in [0.2, 0.25) is 0 Å². The summed E-state index contributed by atoms with van der Waals surface area (Å²) in [6.45, 7) is 8.30. The van der Waals surface area contributed by atoms with Gasteiger partial charge >= 0.3 is 0 Å². The van der Waals surface area contributed by atoms with Gasteiger partial charge in [-0.1, -0.05) is 44.2 Å². The average Bonchev–Trinajstić information content (AvgIpc) is 3.29. The second kappa shape index (κ2) is 6.72. The van der Waals surface area contributed by atoms with Crippen LogP contribution < -0.4 is 5.32 Å². The molecule has 2 fully saturated rings. The Kier molecular flexibility index (Phi) is 4.92. The first-order valence-electron chi connectivity index (χ1n) is 8.30.